The van der Waals surface area contributed by atoms with Gasteiger partial charge < -0.3 is 10.1 Å². The number of nitrogens with one attached hydrogen (secondary N) is 1. The van der Waals surface area contributed by atoms with Crippen molar-refractivity contribution in [2.45, 2.75) is 31.4 Å². The molecule has 19 heavy (non-hydrogen) atoms. The standard InChI is InChI=1S/C12H22N2O3S2/c1-10(2)17-6-5-14(4)19(15,16)12-7-11(8-13-3)18-9-12/h7,9-10,13H,5-6,8H2,1-4H3. The van der Waals surface area contributed by atoms with Gasteiger partial charge in [-0.15, -0.1) is 11.3 Å². The summed E-state index contributed by atoms with van der Waals surface area (Å²) in [6.07, 6.45) is 0.111. The van der Waals surface area contributed by atoms with Crippen molar-refractivity contribution in [3.8, 4) is 0 Å². The maximum Gasteiger partial charge on any atom is 0.243 e. The lowest BCUT2D eigenvalue weighted by Crippen LogP contribution is -2.30. The third kappa shape index (κ3) is 4.85. The van der Waals surface area contributed by atoms with Crippen molar-refractivity contribution in [3.05, 3.63) is 16.3 Å². The normalized spacial score (nSPS) is 12.5. The van der Waals surface area contributed by atoms with E-state index >= 15 is 0 Å². The summed E-state index contributed by atoms with van der Waals surface area (Å²) in [4.78, 5) is 1.36. The first-order valence-electron chi connectivity index (χ1n) is 6.18. The van der Waals surface area contributed by atoms with Crippen LogP contribution in [0, 0.1) is 0 Å². The van der Waals surface area contributed by atoms with E-state index in [1.54, 1.807) is 18.5 Å². The molecule has 5 nitrogen and oxygen atoms in total. The Hall–Kier alpha value is -0.470. The summed E-state index contributed by atoms with van der Waals surface area (Å²) < 4.78 is 31.3. The summed E-state index contributed by atoms with van der Waals surface area (Å²) in [5.41, 5.74) is 0. The number of thiophene rings is 1. The van der Waals surface area contributed by atoms with Crippen LogP contribution in [0.25, 0.3) is 0 Å². The summed E-state index contributed by atoms with van der Waals surface area (Å²) in [5, 5.41) is 4.69. The van der Waals surface area contributed by atoms with E-state index < -0.39 is 10.0 Å². The van der Waals surface area contributed by atoms with Gasteiger partial charge in [-0.1, -0.05) is 0 Å². The summed E-state index contributed by atoms with van der Waals surface area (Å²) in [5.74, 6) is 0. The molecule has 0 aromatic carbocycles. The molecule has 0 radical (unpaired) electrons. The molecule has 0 saturated carbocycles. The highest BCUT2D eigenvalue weighted by atomic mass is 32.2. The van der Waals surface area contributed by atoms with E-state index in [4.69, 9.17) is 4.74 Å². The zero-order valence-corrected chi connectivity index (χ0v) is 13.5. The van der Waals surface area contributed by atoms with Gasteiger partial charge in [0.15, 0.2) is 0 Å². The minimum atomic E-state index is -3.40. The van der Waals surface area contributed by atoms with Gasteiger partial charge in [-0.2, -0.15) is 4.31 Å². The Kier molecular flexibility index (Phi) is 6.41. The third-order valence-corrected chi connectivity index (χ3v) is 5.47. The lowest BCUT2D eigenvalue weighted by molar-refractivity contribution is 0.0737. The lowest BCUT2D eigenvalue weighted by atomic mass is 10.5. The number of rotatable bonds is 8. The molecule has 110 valence electrons. The van der Waals surface area contributed by atoms with Gasteiger partial charge in [0.1, 0.15) is 0 Å². The van der Waals surface area contributed by atoms with Crippen LogP contribution in [0.2, 0.25) is 0 Å². The molecule has 0 amide bonds. The van der Waals surface area contributed by atoms with E-state index in [0.717, 1.165) is 4.88 Å². The second-order valence-electron chi connectivity index (χ2n) is 4.53. The lowest BCUT2D eigenvalue weighted by Gasteiger charge is -2.17. The summed E-state index contributed by atoms with van der Waals surface area (Å²) in [6, 6.07) is 1.72. The van der Waals surface area contributed by atoms with Gasteiger partial charge in [-0.25, -0.2) is 8.42 Å². The van der Waals surface area contributed by atoms with Crippen molar-refractivity contribution in [2.75, 3.05) is 27.2 Å². The summed E-state index contributed by atoms with van der Waals surface area (Å²) in [6.45, 7) is 5.30. The van der Waals surface area contributed by atoms with Gasteiger partial charge in [-0.3, -0.25) is 0 Å². The molecule has 1 N–H and O–H groups in total. The van der Waals surface area contributed by atoms with E-state index in [0.29, 0.717) is 24.6 Å². The number of likely N-dealkylation sites (N-methyl/N-ethyl adjacent to an activating group) is 1. The second-order valence-corrected chi connectivity index (χ2v) is 7.57. The van der Waals surface area contributed by atoms with Crippen LogP contribution < -0.4 is 5.32 Å². The molecule has 0 unspecified atom stereocenters. The van der Waals surface area contributed by atoms with Crippen LogP contribution in [0.5, 0.6) is 0 Å². The maximum absolute atomic E-state index is 12.3. The largest absolute Gasteiger partial charge is 0.377 e. The highest BCUT2D eigenvalue weighted by Gasteiger charge is 2.21. The van der Waals surface area contributed by atoms with Crippen molar-refractivity contribution in [2.24, 2.45) is 0 Å². The molecule has 0 bridgehead atoms. The van der Waals surface area contributed by atoms with E-state index in [-0.39, 0.29) is 6.10 Å². The fourth-order valence-electron chi connectivity index (χ4n) is 1.48. The van der Waals surface area contributed by atoms with Crippen molar-refractivity contribution < 1.29 is 13.2 Å². The summed E-state index contributed by atoms with van der Waals surface area (Å²) in [7, 11) is 0.0160. The van der Waals surface area contributed by atoms with Gasteiger partial charge in [-0.05, 0) is 27.0 Å². The molecule has 1 heterocycles. The molecule has 1 rings (SSSR count). The number of hydrogen-bond donors (Lipinski definition) is 1. The van der Waals surface area contributed by atoms with Gasteiger partial charge in [0, 0.05) is 30.4 Å². The van der Waals surface area contributed by atoms with Gasteiger partial charge in [0.25, 0.3) is 0 Å². The zero-order valence-electron chi connectivity index (χ0n) is 11.8. The van der Waals surface area contributed by atoms with Gasteiger partial charge in [0.2, 0.25) is 10.0 Å². The molecular formula is C12H22N2O3S2. The SMILES string of the molecule is CNCc1cc(S(=O)(=O)N(C)CCOC(C)C)cs1. The number of hydrogen-bond acceptors (Lipinski definition) is 5. The monoisotopic (exact) mass is 306 g/mol. The highest BCUT2D eigenvalue weighted by molar-refractivity contribution is 7.89. The van der Waals surface area contributed by atoms with Crippen LogP contribution in [0.3, 0.4) is 0 Å². The Balaban J connectivity index is 2.67. The van der Waals surface area contributed by atoms with E-state index in [9.17, 15) is 8.42 Å². The Morgan fingerprint density at radius 1 is 1.47 bits per heavy atom. The van der Waals surface area contributed by atoms with Crippen LogP contribution in [0.4, 0.5) is 0 Å². The second kappa shape index (κ2) is 7.35. The predicted octanol–water partition coefficient (Wildman–Crippen LogP) is 1.51. The first kappa shape index (κ1) is 16.6. The Morgan fingerprint density at radius 2 is 2.16 bits per heavy atom. The summed E-state index contributed by atoms with van der Waals surface area (Å²) >= 11 is 1.45. The van der Waals surface area contributed by atoms with Crippen molar-refractivity contribution >= 4 is 21.4 Å². The maximum atomic E-state index is 12.3. The topological polar surface area (TPSA) is 58.6 Å². The highest BCUT2D eigenvalue weighted by Crippen LogP contribution is 2.21. The molecule has 7 heteroatoms. The first-order chi connectivity index (χ1) is 8.87. The van der Waals surface area contributed by atoms with Gasteiger partial charge in [0.05, 0.1) is 17.6 Å². The van der Waals surface area contributed by atoms with Crippen molar-refractivity contribution in [3.63, 3.8) is 0 Å². The van der Waals surface area contributed by atoms with Crippen LogP contribution in [0.1, 0.15) is 18.7 Å². The average molecular weight is 306 g/mol. The average Bonchev–Trinajstić information content (AvgIpc) is 2.78. The number of sulfonamides is 1. The molecule has 1 aromatic rings. The molecular weight excluding hydrogens is 284 g/mol. The zero-order chi connectivity index (χ0) is 14.5. The van der Waals surface area contributed by atoms with E-state index in [1.807, 2.05) is 20.9 Å². The molecule has 0 aliphatic carbocycles. The number of nitrogens with zero attached hydrogens (tertiary/aromatic N) is 1. The van der Waals surface area contributed by atoms with Crippen molar-refractivity contribution in [1.29, 1.82) is 0 Å². The molecule has 0 fully saturated rings. The molecule has 1 aromatic heterocycles. The van der Waals surface area contributed by atoms with Gasteiger partial charge >= 0.3 is 0 Å². The third-order valence-electron chi connectivity index (χ3n) is 2.55. The Morgan fingerprint density at radius 3 is 2.74 bits per heavy atom. The molecule has 0 saturated heterocycles. The first-order valence-corrected chi connectivity index (χ1v) is 8.50. The predicted molar refractivity (Wildman–Crippen MR) is 78.0 cm³/mol. The molecule has 0 atom stereocenters. The number of ether oxygens (including phenoxy) is 1. The Labute approximate surface area is 119 Å². The minimum absolute atomic E-state index is 0.111. The van der Waals surface area contributed by atoms with Crippen LogP contribution in [0.15, 0.2) is 16.3 Å². The van der Waals surface area contributed by atoms with Crippen molar-refractivity contribution in [1.82, 2.24) is 9.62 Å². The molecule has 0 spiro atoms. The Bertz CT molecular complexity index is 483. The van der Waals surface area contributed by atoms with Crippen LogP contribution >= 0.6 is 11.3 Å². The van der Waals surface area contributed by atoms with E-state index in [2.05, 4.69) is 5.32 Å². The van der Waals surface area contributed by atoms with Crippen LogP contribution in [-0.4, -0.2) is 46.1 Å². The minimum Gasteiger partial charge on any atom is -0.377 e. The fourth-order valence-corrected chi connectivity index (χ4v) is 3.91. The fraction of sp³-hybridized carbons (Fsp3) is 0.667. The smallest absolute Gasteiger partial charge is 0.243 e. The van der Waals surface area contributed by atoms with Crippen LogP contribution in [-0.2, 0) is 21.3 Å². The molecule has 0 aliphatic rings. The molecule has 0 aliphatic heterocycles. The van der Waals surface area contributed by atoms with E-state index in [1.165, 1.54) is 15.6 Å². The quantitative estimate of drug-likeness (QED) is 0.791.